The van der Waals surface area contributed by atoms with Crippen molar-refractivity contribution in [3.05, 3.63) is 66.1 Å². The molecule has 0 N–H and O–H groups in total. The highest BCUT2D eigenvalue weighted by atomic mass is 16.5. The zero-order valence-electron chi connectivity index (χ0n) is 16.6. The lowest BCUT2D eigenvalue weighted by Gasteiger charge is -2.39. The van der Waals surface area contributed by atoms with Gasteiger partial charge in [0.15, 0.2) is 0 Å². The molecule has 0 spiro atoms. The zero-order chi connectivity index (χ0) is 20.3. The monoisotopic (exact) mass is 405 g/mol. The van der Waals surface area contributed by atoms with Crippen LogP contribution in [0, 0.1) is 0 Å². The Labute approximate surface area is 174 Å². The number of carbonyl (C=O) groups is 1. The van der Waals surface area contributed by atoms with Gasteiger partial charge in [0, 0.05) is 30.3 Å². The van der Waals surface area contributed by atoms with Crippen LogP contribution < -0.4 is 4.74 Å². The highest BCUT2D eigenvalue weighted by molar-refractivity contribution is 5.94. The molecule has 30 heavy (non-hydrogen) atoms. The summed E-state index contributed by atoms with van der Waals surface area (Å²) in [6, 6.07) is 17.0. The first-order valence-corrected chi connectivity index (χ1v) is 10.3. The Morgan fingerprint density at radius 2 is 1.73 bits per heavy atom. The Bertz CT molecular complexity index is 991. The molecule has 0 atom stereocenters. The number of rotatable bonds is 5. The van der Waals surface area contributed by atoms with Crippen LogP contribution in [0.15, 0.2) is 59.1 Å². The van der Waals surface area contributed by atoms with Crippen molar-refractivity contribution in [2.45, 2.75) is 24.9 Å². The summed E-state index contributed by atoms with van der Waals surface area (Å²) in [5, 5.41) is 4.13. The summed E-state index contributed by atoms with van der Waals surface area (Å²) in [7, 11) is 0. The third-order valence-corrected chi connectivity index (χ3v) is 5.58. The maximum Gasteiger partial charge on any atom is 0.254 e. The number of amides is 1. The van der Waals surface area contributed by atoms with Crippen LogP contribution in [0.1, 0.15) is 35.0 Å². The molecule has 2 aliphatic heterocycles. The predicted octanol–water partition coefficient (Wildman–Crippen LogP) is 3.53. The molecular weight excluding hydrogens is 382 g/mol. The van der Waals surface area contributed by atoms with Crippen molar-refractivity contribution in [1.29, 1.82) is 0 Å². The summed E-state index contributed by atoms with van der Waals surface area (Å²) in [6.07, 6.45) is 1.84. The molecule has 3 heterocycles. The highest BCUT2D eigenvalue weighted by Crippen LogP contribution is 2.28. The second-order valence-corrected chi connectivity index (χ2v) is 7.68. The van der Waals surface area contributed by atoms with Gasteiger partial charge < -0.3 is 18.9 Å². The summed E-state index contributed by atoms with van der Waals surface area (Å²) < 4.78 is 16.8. The van der Waals surface area contributed by atoms with E-state index in [2.05, 4.69) is 10.1 Å². The van der Waals surface area contributed by atoms with Gasteiger partial charge in [-0.1, -0.05) is 23.4 Å². The fraction of sp³-hybridized carbons (Fsp3) is 0.348. The number of nitrogens with zero attached hydrogens (tertiary/aromatic N) is 3. The van der Waals surface area contributed by atoms with Gasteiger partial charge in [0.2, 0.25) is 11.7 Å². The van der Waals surface area contributed by atoms with Crippen molar-refractivity contribution in [3.63, 3.8) is 0 Å². The molecule has 0 unspecified atom stereocenters. The summed E-state index contributed by atoms with van der Waals surface area (Å²) in [5.74, 6) is 2.37. The molecule has 7 heteroatoms. The number of hydrogen-bond acceptors (Lipinski definition) is 6. The van der Waals surface area contributed by atoms with E-state index in [0.717, 1.165) is 37.4 Å². The van der Waals surface area contributed by atoms with Gasteiger partial charge in [-0.2, -0.15) is 4.98 Å². The van der Waals surface area contributed by atoms with Crippen LogP contribution >= 0.6 is 0 Å². The van der Waals surface area contributed by atoms with E-state index in [1.54, 1.807) is 4.90 Å². The summed E-state index contributed by atoms with van der Waals surface area (Å²) >= 11 is 0. The van der Waals surface area contributed by atoms with Gasteiger partial charge in [-0.25, -0.2) is 0 Å². The van der Waals surface area contributed by atoms with Gasteiger partial charge in [0.05, 0.1) is 13.1 Å². The van der Waals surface area contributed by atoms with E-state index in [1.807, 2.05) is 54.6 Å². The smallest absolute Gasteiger partial charge is 0.254 e. The van der Waals surface area contributed by atoms with Crippen molar-refractivity contribution in [2.24, 2.45) is 0 Å². The van der Waals surface area contributed by atoms with E-state index >= 15 is 0 Å². The van der Waals surface area contributed by atoms with Crippen LogP contribution in [0.4, 0.5) is 0 Å². The van der Waals surface area contributed by atoms with Crippen molar-refractivity contribution in [1.82, 2.24) is 15.0 Å². The maximum atomic E-state index is 12.4. The van der Waals surface area contributed by atoms with Crippen LogP contribution in [0.25, 0.3) is 11.4 Å². The molecule has 7 nitrogen and oxygen atoms in total. The molecule has 0 bridgehead atoms. The Morgan fingerprint density at radius 3 is 2.47 bits per heavy atom. The average molecular weight is 405 g/mol. The van der Waals surface area contributed by atoms with Crippen LogP contribution in [-0.4, -0.2) is 53.4 Å². The van der Waals surface area contributed by atoms with Crippen molar-refractivity contribution < 1.29 is 18.8 Å². The van der Waals surface area contributed by atoms with E-state index in [-0.39, 0.29) is 17.9 Å². The van der Waals surface area contributed by atoms with E-state index in [0.29, 0.717) is 30.4 Å². The number of carbonyl (C=O) groups excluding carboxylic acids is 1. The topological polar surface area (TPSA) is 77.7 Å². The van der Waals surface area contributed by atoms with E-state index in [9.17, 15) is 4.79 Å². The molecule has 0 saturated carbocycles. The first-order valence-electron chi connectivity index (χ1n) is 10.3. The first kappa shape index (κ1) is 18.8. The molecule has 0 aliphatic carbocycles. The van der Waals surface area contributed by atoms with Crippen LogP contribution in [0.2, 0.25) is 0 Å². The molecule has 5 rings (SSSR count). The van der Waals surface area contributed by atoms with E-state index in [4.69, 9.17) is 14.0 Å². The van der Waals surface area contributed by atoms with Crippen LogP contribution in [0.3, 0.4) is 0 Å². The number of hydrogen-bond donors (Lipinski definition) is 0. The Hall–Kier alpha value is -3.19. The fourth-order valence-electron chi connectivity index (χ4n) is 3.78. The number of likely N-dealkylation sites (tertiary alicyclic amines) is 1. The minimum atomic E-state index is 0.00816. The fourth-order valence-corrected chi connectivity index (χ4v) is 3.78. The van der Waals surface area contributed by atoms with Gasteiger partial charge in [0.25, 0.3) is 5.91 Å². The molecule has 154 valence electrons. The molecule has 2 aromatic carbocycles. The Balaban J connectivity index is 1.16. The number of benzene rings is 2. The largest absolute Gasteiger partial charge is 0.487 e. The zero-order valence-corrected chi connectivity index (χ0v) is 16.6. The maximum absolute atomic E-state index is 12.4. The third-order valence-electron chi connectivity index (χ3n) is 5.58. The van der Waals surface area contributed by atoms with Gasteiger partial charge >= 0.3 is 0 Å². The van der Waals surface area contributed by atoms with E-state index in [1.165, 1.54) is 0 Å². The Morgan fingerprint density at radius 1 is 1.00 bits per heavy atom. The number of aromatic nitrogens is 2. The minimum absolute atomic E-state index is 0.00816. The van der Waals surface area contributed by atoms with Gasteiger partial charge in [0.1, 0.15) is 11.9 Å². The molecule has 1 aromatic heterocycles. The standard InChI is InChI=1S/C23H23N3O4/c27-23(18-4-2-1-3-5-18)26-14-20(15-26)29-19-8-6-16(7-9-19)21-24-22(30-25-21)17-10-12-28-13-11-17/h1-9,17,20H,10-15H2. The summed E-state index contributed by atoms with van der Waals surface area (Å²) in [6.45, 7) is 2.66. The quantitative estimate of drug-likeness (QED) is 0.646. The second-order valence-electron chi connectivity index (χ2n) is 7.68. The predicted molar refractivity (Wildman–Crippen MR) is 109 cm³/mol. The lowest BCUT2D eigenvalue weighted by atomic mass is 10.0. The molecule has 2 saturated heterocycles. The molecule has 0 radical (unpaired) electrons. The molecule has 2 aliphatic rings. The van der Waals surface area contributed by atoms with Crippen molar-refractivity contribution >= 4 is 5.91 Å². The van der Waals surface area contributed by atoms with Gasteiger partial charge in [-0.05, 0) is 49.2 Å². The van der Waals surface area contributed by atoms with Crippen molar-refractivity contribution in [2.75, 3.05) is 26.3 Å². The molecule has 3 aromatic rings. The van der Waals surface area contributed by atoms with Gasteiger partial charge in [-0.15, -0.1) is 0 Å². The van der Waals surface area contributed by atoms with Gasteiger partial charge in [-0.3, -0.25) is 4.79 Å². The minimum Gasteiger partial charge on any atom is -0.487 e. The van der Waals surface area contributed by atoms with E-state index < -0.39 is 0 Å². The van der Waals surface area contributed by atoms with Crippen LogP contribution in [-0.2, 0) is 4.74 Å². The van der Waals surface area contributed by atoms with Crippen LogP contribution in [0.5, 0.6) is 5.75 Å². The lowest BCUT2D eigenvalue weighted by Crippen LogP contribution is -2.56. The SMILES string of the molecule is O=C(c1ccccc1)N1CC(Oc2ccc(-c3noc(C4CCOCC4)n3)cc2)C1. The third kappa shape index (κ3) is 3.93. The second kappa shape index (κ2) is 8.28. The number of ether oxygens (including phenoxy) is 2. The average Bonchev–Trinajstić information content (AvgIpc) is 3.27. The molecule has 2 fully saturated rings. The van der Waals surface area contributed by atoms with Crippen molar-refractivity contribution in [3.8, 4) is 17.1 Å². The Kier molecular flexibility index (Phi) is 5.19. The molecular formula is C23H23N3O4. The summed E-state index contributed by atoms with van der Waals surface area (Å²) in [5.41, 5.74) is 1.60. The first-order chi connectivity index (χ1) is 14.8. The summed E-state index contributed by atoms with van der Waals surface area (Å²) in [4.78, 5) is 18.7. The normalized spacial score (nSPS) is 17.5. The molecule has 1 amide bonds. The lowest BCUT2D eigenvalue weighted by molar-refractivity contribution is 0.0178. The highest BCUT2D eigenvalue weighted by Gasteiger charge is 2.32.